The Bertz CT molecular complexity index is 505. The van der Waals surface area contributed by atoms with Crippen LogP contribution in [0.2, 0.25) is 0 Å². The van der Waals surface area contributed by atoms with Gasteiger partial charge in [0, 0.05) is 11.3 Å². The van der Waals surface area contributed by atoms with Gasteiger partial charge in [0.15, 0.2) is 5.13 Å². The highest BCUT2D eigenvalue weighted by Gasteiger charge is 2.40. The Morgan fingerprint density at radius 1 is 1.63 bits per heavy atom. The summed E-state index contributed by atoms with van der Waals surface area (Å²) in [4.78, 5) is 28.7. The smallest absolute Gasteiger partial charge is 0.408 e. The highest BCUT2D eigenvalue weighted by Crippen LogP contribution is 2.27. The number of hydrogen-bond acceptors (Lipinski definition) is 4. The highest BCUT2D eigenvalue weighted by atomic mass is 79.9. The van der Waals surface area contributed by atoms with Crippen molar-refractivity contribution in [2.45, 2.75) is 25.6 Å². The van der Waals surface area contributed by atoms with Gasteiger partial charge < -0.3 is 10.4 Å². The van der Waals surface area contributed by atoms with Gasteiger partial charge in [-0.15, -0.1) is 11.3 Å². The number of carbonyl (C=O) groups is 2. The molecule has 0 saturated carbocycles. The molecular formula is C10H11BrFN3O3S. The first-order valence-corrected chi connectivity index (χ1v) is 7.07. The molecule has 6 nitrogen and oxygen atoms in total. The van der Waals surface area contributed by atoms with Crippen LogP contribution in [0.15, 0.2) is 4.60 Å². The predicted molar refractivity (Wildman–Crippen MR) is 71.2 cm³/mol. The number of carboxylic acid groups (broad SMARTS) is 1. The maximum atomic E-state index is 13.2. The summed E-state index contributed by atoms with van der Waals surface area (Å²) in [5.74, 6) is -0.552. The van der Waals surface area contributed by atoms with Gasteiger partial charge in [-0.25, -0.2) is 14.2 Å². The van der Waals surface area contributed by atoms with Gasteiger partial charge in [-0.05, 0) is 22.9 Å². The summed E-state index contributed by atoms with van der Waals surface area (Å²) in [5, 5.41) is 11.8. The molecule has 0 aliphatic carbocycles. The van der Waals surface area contributed by atoms with Crippen LogP contribution in [0.1, 0.15) is 11.3 Å². The number of thiazole rings is 1. The van der Waals surface area contributed by atoms with Crippen molar-refractivity contribution in [1.29, 1.82) is 0 Å². The number of amides is 2. The second kappa shape index (κ2) is 5.41. The number of nitrogens with zero attached hydrogens (tertiary/aromatic N) is 2. The Hall–Kier alpha value is -1.22. The van der Waals surface area contributed by atoms with Crippen LogP contribution < -0.4 is 5.32 Å². The van der Waals surface area contributed by atoms with Crippen LogP contribution in [0.5, 0.6) is 0 Å². The van der Waals surface area contributed by atoms with Gasteiger partial charge in [-0.3, -0.25) is 9.69 Å². The summed E-state index contributed by atoms with van der Waals surface area (Å²) < 4.78 is 13.9. The summed E-state index contributed by atoms with van der Waals surface area (Å²) in [6, 6.07) is -1.00. The monoisotopic (exact) mass is 351 g/mol. The first-order valence-electron chi connectivity index (χ1n) is 5.46. The van der Waals surface area contributed by atoms with Crippen molar-refractivity contribution in [3.8, 4) is 0 Å². The molecule has 0 aromatic carbocycles. The lowest BCUT2D eigenvalue weighted by atomic mass is 10.2. The van der Waals surface area contributed by atoms with Crippen molar-refractivity contribution in [3.05, 3.63) is 9.48 Å². The van der Waals surface area contributed by atoms with Crippen molar-refractivity contribution in [2.75, 3.05) is 11.9 Å². The summed E-state index contributed by atoms with van der Waals surface area (Å²) >= 11 is 4.48. The Balaban J connectivity index is 2.08. The number of hydrogen-bond donors (Lipinski definition) is 2. The van der Waals surface area contributed by atoms with E-state index in [9.17, 15) is 14.0 Å². The van der Waals surface area contributed by atoms with Gasteiger partial charge in [-0.2, -0.15) is 0 Å². The van der Waals surface area contributed by atoms with Crippen LogP contribution in [0.4, 0.5) is 14.3 Å². The molecule has 2 N–H and O–H groups in total. The van der Waals surface area contributed by atoms with Crippen LogP contribution >= 0.6 is 27.3 Å². The first kappa shape index (κ1) is 14.2. The number of halogens is 2. The summed E-state index contributed by atoms with van der Waals surface area (Å²) in [5.41, 5.74) is 0. The van der Waals surface area contributed by atoms with Crippen molar-refractivity contribution in [1.82, 2.24) is 9.88 Å². The molecule has 1 aromatic heterocycles. The molecule has 2 rings (SSSR count). The largest absolute Gasteiger partial charge is 0.465 e. The Morgan fingerprint density at radius 3 is 2.84 bits per heavy atom. The zero-order chi connectivity index (χ0) is 14.2. The average Bonchev–Trinajstić information content (AvgIpc) is 2.83. The van der Waals surface area contributed by atoms with Crippen LogP contribution in [-0.2, 0) is 4.79 Å². The van der Waals surface area contributed by atoms with Gasteiger partial charge in [0.2, 0.25) is 5.91 Å². The number of anilines is 1. The molecule has 2 atom stereocenters. The molecule has 0 bridgehead atoms. The fourth-order valence-corrected chi connectivity index (χ4v) is 3.11. The maximum Gasteiger partial charge on any atom is 0.408 e. The molecule has 1 saturated heterocycles. The second-order valence-corrected chi connectivity index (χ2v) is 6.09. The molecule has 2 amide bonds. The molecule has 1 aromatic rings. The van der Waals surface area contributed by atoms with Crippen LogP contribution in [-0.4, -0.2) is 45.7 Å². The van der Waals surface area contributed by atoms with E-state index in [0.717, 1.165) is 9.78 Å². The standard InChI is InChI=1S/C10H11BrFN3O3S/c1-4-7(11)13-9(19-4)14-8(16)6-2-5(12)3-15(6)10(17)18/h5-6H,2-3H2,1H3,(H,17,18)(H,13,14,16)/t5-,6+/m1/s1. The number of aromatic nitrogens is 1. The van der Waals surface area contributed by atoms with E-state index in [1.54, 1.807) is 0 Å². The van der Waals surface area contributed by atoms with Crippen molar-refractivity contribution < 1.29 is 19.1 Å². The minimum atomic E-state index is -1.31. The molecule has 1 fully saturated rings. The normalized spacial score (nSPS) is 22.6. The topological polar surface area (TPSA) is 82.5 Å². The van der Waals surface area contributed by atoms with Gasteiger partial charge in [0.05, 0.1) is 6.54 Å². The fraction of sp³-hybridized carbons (Fsp3) is 0.500. The van der Waals surface area contributed by atoms with Gasteiger partial charge in [0.1, 0.15) is 16.8 Å². The van der Waals surface area contributed by atoms with Gasteiger partial charge in [0.25, 0.3) is 0 Å². The lowest BCUT2D eigenvalue weighted by molar-refractivity contribution is -0.119. The lowest BCUT2D eigenvalue weighted by Crippen LogP contribution is -2.42. The maximum absolute atomic E-state index is 13.2. The van der Waals surface area contributed by atoms with E-state index in [0.29, 0.717) is 9.73 Å². The Labute approximate surface area is 120 Å². The number of carbonyl (C=O) groups excluding carboxylic acids is 1. The quantitative estimate of drug-likeness (QED) is 0.855. The zero-order valence-electron chi connectivity index (χ0n) is 9.89. The second-order valence-electron chi connectivity index (χ2n) is 4.14. The third-order valence-corrected chi connectivity index (χ3v) is 4.69. The molecule has 1 aliphatic rings. The van der Waals surface area contributed by atoms with E-state index in [2.05, 4.69) is 26.2 Å². The van der Waals surface area contributed by atoms with Crippen molar-refractivity contribution in [3.63, 3.8) is 0 Å². The van der Waals surface area contributed by atoms with Gasteiger partial charge >= 0.3 is 6.09 Å². The number of alkyl halides is 1. The van der Waals surface area contributed by atoms with E-state index in [1.165, 1.54) is 11.3 Å². The number of rotatable bonds is 2. The van der Waals surface area contributed by atoms with Crippen LogP contribution in [0, 0.1) is 6.92 Å². The van der Waals surface area contributed by atoms with E-state index < -0.39 is 24.2 Å². The minimum absolute atomic E-state index is 0.121. The van der Waals surface area contributed by atoms with Crippen molar-refractivity contribution in [2.24, 2.45) is 0 Å². The SMILES string of the molecule is Cc1sc(NC(=O)[C@@H]2C[C@@H](F)CN2C(=O)O)nc1Br. The molecular weight excluding hydrogens is 341 g/mol. The number of likely N-dealkylation sites (tertiary alicyclic amines) is 1. The van der Waals surface area contributed by atoms with E-state index in [-0.39, 0.29) is 13.0 Å². The Morgan fingerprint density at radius 2 is 2.32 bits per heavy atom. The first-order chi connectivity index (χ1) is 8.88. The Kier molecular flexibility index (Phi) is 4.04. The fourth-order valence-electron chi connectivity index (χ4n) is 1.86. The van der Waals surface area contributed by atoms with Crippen molar-refractivity contribution >= 4 is 44.4 Å². The molecule has 104 valence electrons. The number of nitrogens with one attached hydrogen (secondary N) is 1. The van der Waals surface area contributed by atoms with Crippen LogP contribution in [0.3, 0.4) is 0 Å². The predicted octanol–water partition coefficient (Wildman–Crippen LogP) is 2.24. The van der Waals surface area contributed by atoms with E-state index in [1.807, 2.05) is 6.92 Å². The molecule has 0 radical (unpaired) electrons. The zero-order valence-corrected chi connectivity index (χ0v) is 12.3. The molecule has 0 spiro atoms. The summed E-state index contributed by atoms with van der Waals surface area (Å²) in [6.07, 6.45) is -2.72. The highest BCUT2D eigenvalue weighted by molar-refractivity contribution is 9.10. The molecule has 2 heterocycles. The third-order valence-electron chi connectivity index (χ3n) is 2.77. The molecule has 0 unspecified atom stereocenters. The van der Waals surface area contributed by atoms with Crippen LogP contribution in [0.25, 0.3) is 0 Å². The lowest BCUT2D eigenvalue weighted by Gasteiger charge is -2.19. The third kappa shape index (κ3) is 3.03. The molecule has 9 heteroatoms. The average molecular weight is 352 g/mol. The minimum Gasteiger partial charge on any atom is -0.465 e. The number of aryl methyl sites for hydroxylation is 1. The molecule has 1 aliphatic heterocycles. The summed E-state index contributed by atoms with van der Waals surface area (Å²) in [7, 11) is 0. The van der Waals surface area contributed by atoms with E-state index in [4.69, 9.17) is 5.11 Å². The van der Waals surface area contributed by atoms with E-state index >= 15 is 0 Å². The molecule has 19 heavy (non-hydrogen) atoms. The van der Waals surface area contributed by atoms with Gasteiger partial charge in [-0.1, -0.05) is 0 Å². The summed E-state index contributed by atoms with van der Waals surface area (Å²) in [6.45, 7) is 1.56.